The van der Waals surface area contributed by atoms with Crippen molar-refractivity contribution in [3.05, 3.63) is 48.0 Å². The van der Waals surface area contributed by atoms with Crippen molar-refractivity contribution in [1.29, 1.82) is 0 Å². The van der Waals surface area contributed by atoms with Crippen LogP contribution in [0.4, 0.5) is 0 Å². The average molecular weight is 393 g/mol. The number of carbonyl (C=O) groups excluding carboxylic acids is 2. The number of hydrogen-bond donors (Lipinski definition) is 1. The number of rotatable bonds is 3. The van der Waals surface area contributed by atoms with Gasteiger partial charge in [-0.25, -0.2) is 0 Å². The van der Waals surface area contributed by atoms with Crippen LogP contribution in [0.25, 0.3) is 10.8 Å². The number of carbonyl (C=O) groups is 2. The van der Waals surface area contributed by atoms with Gasteiger partial charge in [0, 0.05) is 30.6 Å². The second kappa shape index (κ2) is 8.56. The molecule has 0 bridgehead atoms. The monoisotopic (exact) mass is 392 g/mol. The first-order valence-electron chi connectivity index (χ1n) is 11.1. The molecule has 4 nitrogen and oxygen atoms in total. The summed E-state index contributed by atoms with van der Waals surface area (Å²) >= 11 is 0. The van der Waals surface area contributed by atoms with E-state index in [0.29, 0.717) is 31.0 Å². The minimum atomic E-state index is 0.0241. The molecule has 2 aromatic rings. The van der Waals surface area contributed by atoms with Crippen molar-refractivity contribution in [3.63, 3.8) is 0 Å². The van der Waals surface area contributed by atoms with Crippen LogP contribution in [-0.2, 0) is 4.79 Å². The largest absolute Gasteiger partial charge is 0.353 e. The maximum atomic E-state index is 13.1. The molecule has 2 fully saturated rings. The van der Waals surface area contributed by atoms with E-state index in [2.05, 4.69) is 19.2 Å². The van der Waals surface area contributed by atoms with E-state index in [0.717, 1.165) is 35.6 Å². The molecule has 1 saturated heterocycles. The molecule has 0 radical (unpaired) electrons. The highest BCUT2D eigenvalue weighted by Gasteiger charge is 2.32. The first kappa shape index (κ1) is 19.9. The molecular weight excluding hydrogens is 360 g/mol. The lowest BCUT2D eigenvalue weighted by Crippen LogP contribution is -2.48. The molecule has 2 aliphatic rings. The molecule has 4 rings (SSSR count). The maximum Gasteiger partial charge on any atom is 0.254 e. The van der Waals surface area contributed by atoms with Crippen molar-refractivity contribution in [1.82, 2.24) is 10.2 Å². The van der Waals surface area contributed by atoms with Crippen LogP contribution >= 0.6 is 0 Å². The first-order valence-corrected chi connectivity index (χ1v) is 11.1. The number of nitrogens with one attached hydrogen (secondary N) is 1. The molecule has 1 heterocycles. The number of hydrogen-bond acceptors (Lipinski definition) is 2. The van der Waals surface area contributed by atoms with Gasteiger partial charge in [-0.05, 0) is 47.9 Å². The van der Waals surface area contributed by atoms with Crippen LogP contribution in [0, 0.1) is 17.8 Å². The second-order valence-electron chi connectivity index (χ2n) is 8.98. The zero-order valence-electron chi connectivity index (χ0n) is 17.6. The second-order valence-corrected chi connectivity index (χ2v) is 8.98. The standard InChI is InChI=1S/C25H32N2O2/c1-17-7-5-12-23(18(17)2)26-24(28)20-13-15-27(16-14-20)25(29)22-11-6-9-19-8-3-4-10-21(19)22/h3-4,6,8-11,17-18,20,23H,5,7,12-16H2,1-2H3,(H,26,28). The lowest BCUT2D eigenvalue weighted by molar-refractivity contribution is -0.127. The fraction of sp³-hybridized carbons (Fsp3) is 0.520. The molecule has 0 aromatic heterocycles. The van der Waals surface area contributed by atoms with E-state index in [1.807, 2.05) is 47.4 Å². The Morgan fingerprint density at radius 3 is 2.45 bits per heavy atom. The minimum Gasteiger partial charge on any atom is -0.353 e. The number of likely N-dealkylation sites (tertiary alicyclic amines) is 1. The number of benzene rings is 2. The number of nitrogens with zero attached hydrogens (tertiary/aromatic N) is 1. The number of fused-ring (bicyclic) bond motifs is 1. The van der Waals surface area contributed by atoms with Crippen molar-refractivity contribution >= 4 is 22.6 Å². The molecule has 2 amide bonds. The normalized spacial score (nSPS) is 25.7. The van der Waals surface area contributed by atoms with Crippen molar-refractivity contribution < 1.29 is 9.59 Å². The highest BCUT2D eigenvalue weighted by atomic mass is 16.2. The Labute approximate surface area is 173 Å². The molecule has 29 heavy (non-hydrogen) atoms. The quantitative estimate of drug-likeness (QED) is 0.828. The van der Waals surface area contributed by atoms with E-state index in [9.17, 15) is 9.59 Å². The Morgan fingerprint density at radius 1 is 0.931 bits per heavy atom. The predicted molar refractivity (Wildman–Crippen MR) is 117 cm³/mol. The zero-order valence-corrected chi connectivity index (χ0v) is 17.6. The summed E-state index contributed by atoms with van der Waals surface area (Å²) < 4.78 is 0. The molecule has 3 atom stereocenters. The van der Waals surface area contributed by atoms with Gasteiger partial charge in [-0.2, -0.15) is 0 Å². The fourth-order valence-corrected chi connectivity index (χ4v) is 5.01. The number of piperidine rings is 1. The van der Waals surface area contributed by atoms with E-state index in [1.165, 1.54) is 12.8 Å². The Morgan fingerprint density at radius 2 is 1.66 bits per heavy atom. The Balaban J connectivity index is 1.36. The van der Waals surface area contributed by atoms with Crippen LogP contribution in [0.2, 0.25) is 0 Å². The van der Waals surface area contributed by atoms with E-state index in [4.69, 9.17) is 0 Å². The van der Waals surface area contributed by atoms with Gasteiger partial charge in [0.05, 0.1) is 0 Å². The van der Waals surface area contributed by atoms with Crippen LogP contribution in [-0.4, -0.2) is 35.8 Å². The van der Waals surface area contributed by atoms with Crippen molar-refractivity contribution in [2.24, 2.45) is 17.8 Å². The van der Waals surface area contributed by atoms with Crippen LogP contribution in [0.5, 0.6) is 0 Å². The van der Waals surface area contributed by atoms with E-state index < -0.39 is 0 Å². The molecule has 4 heteroatoms. The summed E-state index contributed by atoms with van der Waals surface area (Å²) in [5.41, 5.74) is 0.760. The lowest BCUT2D eigenvalue weighted by atomic mass is 9.78. The first-order chi connectivity index (χ1) is 14.0. The molecule has 0 spiro atoms. The Bertz CT molecular complexity index is 880. The summed E-state index contributed by atoms with van der Waals surface area (Å²) in [5.74, 6) is 1.51. The van der Waals surface area contributed by atoms with E-state index >= 15 is 0 Å². The maximum absolute atomic E-state index is 13.1. The molecular formula is C25H32N2O2. The third kappa shape index (κ3) is 4.17. The summed E-state index contributed by atoms with van der Waals surface area (Å²) in [7, 11) is 0. The molecule has 1 N–H and O–H groups in total. The Kier molecular flexibility index (Phi) is 5.89. The van der Waals surface area contributed by atoms with Gasteiger partial charge in [0.1, 0.15) is 0 Å². The van der Waals surface area contributed by atoms with Crippen LogP contribution < -0.4 is 5.32 Å². The van der Waals surface area contributed by atoms with Crippen LogP contribution in [0.3, 0.4) is 0 Å². The van der Waals surface area contributed by atoms with Gasteiger partial charge in [0.2, 0.25) is 5.91 Å². The van der Waals surface area contributed by atoms with Crippen LogP contribution in [0.1, 0.15) is 56.3 Å². The van der Waals surface area contributed by atoms with Gasteiger partial charge in [-0.3, -0.25) is 9.59 Å². The van der Waals surface area contributed by atoms with E-state index in [-0.39, 0.29) is 17.7 Å². The summed E-state index contributed by atoms with van der Waals surface area (Å²) in [6, 6.07) is 14.2. The molecule has 2 aromatic carbocycles. The summed E-state index contributed by atoms with van der Waals surface area (Å²) in [6.07, 6.45) is 5.06. The van der Waals surface area contributed by atoms with Gasteiger partial charge in [-0.1, -0.05) is 63.1 Å². The van der Waals surface area contributed by atoms with E-state index in [1.54, 1.807) is 0 Å². The summed E-state index contributed by atoms with van der Waals surface area (Å²) in [4.78, 5) is 27.9. The molecule has 3 unspecified atom stereocenters. The third-order valence-electron chi connectivity index (χ3n) is 7.21. The fourth-order valence-electron chi connectivity index (χ4n) is 5.01. The molecule has 1 aliphatic carbocycles. The third-order valence-corrected chi connectivity index (χ3v) is 7.21. The predicted octanol–water partition coefficient (Wildman–Crippen LogP) is 4.63. The van der Waals surface area contributed by atoms with Gasteiger partial charge in [-0.15, -0.1) is 0 Å². The van der Waals surface area contributed by atoms with Crippen molar-refractivity contribution in [3.8, 4) is 0 Å². The van der Waals surface area contributed by atoms with Crippen molar-refractivity contribution in [2.75, 3.05) is 13.1 Å². The van der Waals surface area contributed by atoms with Crippen LogP contribution in [0.15, 0.2) is 42.5 Å². The Hall–Kier alpha value is -2.36. The molecule has 1 saturated carbocycles. The SMILES string of the molecule is CC1CCCC(NC(=O)C2CCN(C(=O)c3cccc4ccccc34)CC2)C1C. The molecule has 154 valence electrons. The van der Waals surface area contributed by atoms with Crippen molar-refractivity contribution in [2.45, 2.75) is 52.0 Å². The minimum absolute atomic E-state index is 0.0241. The summed E-state index contributed by atoms with van der Waals surface area (Å²) in [5, 5.41) is 5.41. The smallest absolute Gasteiger partial charge is 0.254 e. The average Bonchev–Trinajstić information content (AvgIpc) is 2.76. The molecule has 1 aliphatic heterocycles. The van der Waals surface area contributed by atoms with Gasteiger partial charge >= 0.3 is 0 Å². The van der Waals surface area contributed by atoms with Gasteiger partial charge < -0.3 is 10.2 Å². The zero-order chi connectivity index (χ0) is 20.4. The number of amides is 2. The topological polar surface area (TPSA) is 49.4 Å². The highest BCUT2D eigenvalue weighted by molar-refractivity contribution is 6.07. The van der Waals surface area contributed by atoms with Gasteiger partial charge in [0.15, 0.2) is 0 Å². The van der Waals surface area contributed by atoms with Gasteiger partial charge in [0.25, 0.3) is 5.91 Å². The lowest BCUT2D eigenvalue weighted by Gasteiger charge is -2.37. The summed E-state index contributed by atoms with van der Waals surface area (Å²) in [6.45, 7) is 5.86. The highest BCUT2D eigenvalue weighted by Crippen LogP contribution is 2.30.